The third-order valence-corrected chi connectivity index (χ3v) is 7.04. The molecule has 0 bridgehead atoms. The lowest BCUT2D eigenvalue weighted by Gasteiger charge is -2.44. The van der Waals surface area contributed by atoms with E-state index in [1.54, 1.807) is 7.11 Å². The summed E-state index contributed by atoms with van der Waals surface area (Å²) in [5.74, 6) is 0.702. The molecule has 0 saturated heterocycles. The van der Waals surface area contributed by atoms with E-state index in [2.05, 4.69) is 40.6 Å². The van der Waals surface area contributed by atoms with Crippen LogP contribution in [0.4, 0.5) is 0 Å². The molecule has 0 radical (unpaired) electrons. The topological polar surface area (TPSA) is 60.2 Å². The fourth-order valence-electron chi connectivity index (χ4n) is 5.43. The molecule has 6 rings (SSSR count). The zero-order valence-corrected chi connectivity index (χ0v) is 18.9. The Balaban J connectivity index is 1.66. The summed E-state index contributed by atoms with van der Waals surface area (Å²) in [6.45, 7) is 0. The first-order valence-corrected chi connectivity index (χ1v) is 11.5. The van der Waals surface area contributed by atoms with E-state index in [4.69, 9.17) is 4.74 Å². The normalized spacial score (nSPS) is 21.8. The predicted octanol–water partition coefficient (Wildman–Crippen LogP) is 5.45. The average Bonchev–Trinajstić information content (AvgIpc) is 3.33. The highest BCUT2D eigenvalue weighted by atomic mass is 16.5. The average molecular weight is 448 g/mol. The van der Waals surface area contributed by atoms with E-state index in [1.807, 2.05) is 77.5 Å². The number of benzene rings is 4. The van der Waals surface area contributed by atoms with Gasteiger partial charge in [0, 0.05) is 5.92 Å². The van der Waals surface area contributed by atoms with Crippen molar-refractivity contribution in [1.82, 2.24) is 15.0 Å². The van der Waals surface area contributed by atoms with Crippen LogP contribution in [-0.2, 0) is 5.60 Å². The van der Waals surface area contributed by atoms with Crippen LogP contribution in [0, 0.1) is 0 Å². The number of nitrogens with zero attached hydrogens (tertiary/aromatic N) is 3. The highest BCUT2D eigenvalue weighted by Crippen LogP contribution is 2.53. The van der Waals surface area contributed by atoms with Gasteiger partial charge in [0.1, 0.15) is 16.9 Å². The van der Waals surface area contributed by atoms with Crippen molar-refractivity contribution in [3.8, 4) is 5.75 Å². The molecule has 5 aromatic rings. The van der Waals surface area contributed by atoms with E-state index >= 15 is 0 Å². The third kappa shape index (κ3) is 3.20. The number of hydrogen-bond acceptors (Lipinski definition) is 4. The molecule has 1 aliphatic carbocycles. The molecule has 3 atom stereocenters. The molecule has 0 aliphatic heterocycles. The fourth-order valence-corrected chi connectivity index (χ4v) is 5.43. The number of para-hydroxylation sites is 1. The second-order valence-corrected chi connectivity index (χ2v) is 8.87. The Labute approximate surface area is 198 Å². The van der Waals surface area contributed by atoms with Crippen molar-refractivity contribution in [3.05, 3.63) is 125 Å². The number of hydrogen-bond donors (Lipinski definition) is 1. The van der Waals surface area contributed by atoms with Crippen LogP contribution in [0.25, 0.3) is 11.0 Å². The Morgan fingerprint density at radius 3 is 2.35 bits per heavy atom. The number of ether oxygens (including phenoxy) is 1. The fraction of sp³-hybridized carbons (Fsp3) is 0.172. The molecule has 168 valence electrons. The van der Waals surface area contributed by atoms with Crippen molar-refractivity contribution in [2.24, 2.45) is 0 Å². The Kier molecular flexibility index (Phi) is 4.93. The summed E-state index contributed by atoms with van der Waals surface area (Å²) in [6, 6.07) is 34.1. The summed E-state index contributed by atoms with van der Waals surface area (Å²) in [4.78, 5) is 0. The first kappa shape index (κ1) is 20.6. The van der Waals surface area contributed by atoms with Gasteiger partial charge in [0.15, 0.2) is 0 Å². The lowest BCUT2D eigenvalue weighted by Crippen LogP contribution is -2.39. The lowest BCUT2D eigenvalue weighted by atomic mass is 9.66. The van der Waals surface area contributed by atoms with Crippen LogP contribution in [-0.4, -0.2) is 27.2 Å². The third-order valence-electron chi connectivity index (χ3n) is 7.04. The van der Waals surface area contributed by atoms with Gasteiger partial charge in [-0.3, -0.25) is 0 Å². The summed E-state index contributed by atoms with van der Waals surface area (Å²) in [5, 5.41) is 21.4. The molecule has 3 unspecified atom stereocenters. The zero-order chi connectivity index (χ0) is 23.1. The van der Waals surface area contributed by atoms with Crippen LogP contribution >= 0.6 is 0 Å². The van der Waals surface area contributed by atoms with E-state index in [9.17, 15) is 5.11 Å². The van der Waals surface area contributed by atoms with Gasteiger partial charge in [0.2, 0.25) is 0 Å². The van der Waals surface area contributed by atoms with Crippen molar-refractivity contribution in [2.45, 2.75) is 24.0 Å². The Morgan fingerprint density at radius 2 is 1.59 bits per heavy atom. The van der Waals surface area contributed by atoms with Crippen LogP contribution in [0.2, 0.25) is 0 Å². The van der Waals surface area contributed by atoms with Crippen LogP contribution < -0.4 is 4.74 Å². The van der Waals surface area contributed by atoms with Gasteiger partial charge >= 0.3 is 0 Å². The number of methoxy groups -OCH3 is 1. The lowest BCUT2D eigenvalue weighted by molar-refractivity contribution is 0.0453. The quantitative estimate of drug-likeness (QED) is 0.398. The van der Waals surface area contributed by atoms with Crippen LogP contribution in [0.15, 0.2) is 103 Å². The predicted molar refractivity (Wildman–Crippen MR) is 132 cm³/mol. The molecule has 1 N–H and O–H groups in total. The van der Waals surface area contributed by atoms with E-state index < -0.39 is 5.60 Å². The molecule has 5 nitrogen and oxygen atoms in total. The molecule has 34 heavy (non-hydrogen) atoms. The molecule has 4 aromatic carbocycles. The van der Waals surface area contributed by atoms with Crippen molar-refractivity contribution in [3.63, 3.8) is 0 Å². The monoisotopic (exact) mass is 447 g/mol. The summed E-state index contributed by atoms with van der Waals surface area (Å²) in [7, 11) is 1.67. The first-order chi connectivity index (χ1) is 16.7. The summed E-state index contributed by atoms with van der Waals surface area (Å²) < 4.78 is 7.63. The molecule has 0 fully saturated rings. The minimum absolute atomic E-state index is 0.0453. The maximum Gasteiger partial charge on any atom is 0.119 e. The van der Waals surface area contributed by atoms with Gasteiger partial charge in [-0.25, -0.2) is 4.68 Å². The van der Waals surface area contributed by atoms with Crippen molar-refractivity contribution < 1.29 is 9.84 Å². The van der Waals surface area contributed by atoms with Gasteiger partial charge in [-0.05, 0) is 52.9 Å². The molecule has 0 saturated carbocycles. The molecule has 0 amide bonds. The number of rotatable bonds is 4. The Bertz CT molecular complexity index is 1450. The maximum absolute atomic E-state index is 12.3. The summed E-state index contributed by atoms with van der Waals surface area (Å²) in [6.07, 6.45) is 0.513. The first-order valence-electron chi connectivity index (χ1n) is 11.5. The largest absolute Gasteiger partial charge is 0.497 e. The summed E-state index contributed by atoms with van der Waals surface area (Å²) >= 11 is 0. The van der Waals surface area contributed by atoms with Crippen molar-refractivity contribution in [2.75, 3.05) is 7.11 Å². The number of aliphatic hydroxyl groups is 1. The molecule has 1 aliphatic rings. The van der Waals surface area contributed by atoms with E-state index in [1.165, 1.54) is 0 Å². The van der Waals surface area contributed by atoms with Crippen LogP contribution in [0.3, 0.4) is 0 Å². The molecule has 1 heterocycles. The van der Waals surface area contributed by atoms with Gasteiger partial charge in [0.05, 0.1) is 18.7 Å². The van der Waals surface area contributed by atoms with E-state index in [0.29, 0.717) is 6.42 Å². The van der Waals surface area contributed by atoms with E-state index in [0.717, 1.165) is 39.0 Å². The Hall–Kier alpha value is -3.96. The second kappa shape index (κ2) is 8.12. The number of aromatic nitrogens is 3. The molecule has 5 heteroatoms. The maximum atomic E-state index is 12.3. The molecular formula is C29H25N3O2. The van der Waals surface area contributed by atoms with E-state index in [-0.39, 0.29) is 12.0 Å². The van der Waals surface area contributed by atoms with Crippen LogP contribution in [0.1, 0.15) is 40.6 Å². The standard InChI is InChI=1S/C29H25N3O2/c1-34-22-16-17-25-23(18-22)28(32-27-15-9-8-14-26(27)30-31-32)24(20-10-4-2-5-11-20)19-29(25,33)21-12-6-3-7-13-21/h2-18,24,28,33H,19H2,1H3. The van der Waals surface area contributed by atoms with Gasteiger partial charge in [-0.1, -0.05) is 84.1 Å². The number of fused-ring (bicyclic) bond motifs is 2. The van der Waals surface area contributed by atoms with Crippen molar-refractivity contribution >= 4 is 11.0 Å². The van der Waals surface area contributed by atoms with Gasteiger partial charge in [0.25, 0.3) is 0 Å². The minimum atomic E-state index is -1.16. The second-order valence-electron chi connectivity index (χ2n) is 8.87. The highest BCUT2D eigenvalue weighted by Gasteiger charge is 2.46. The SMILES string of the molecule is COc1ccc2c(c1)C(n1nnc3ccccc31)C(c1ccccc1)CC2(O)c1ccccc1. The summed E-state index contributed by atoms with van der Waals surface area (Å²) in [5.41, 5.74) is 4.54. The van der Waals surface area contributed by atoms with Gasteiger partial charge < -0.3 is 9.84 Å². The van der Waals surface area contributed by atoms with Crippen LogP contribution in [0.5, 0.6) is 5.75 Å². The molecule has 0 spiro atoms. The zero-order valence-electron chi connectivity index (χ0n) is 18.9. The smallest absolute Gasteiger partial charge is 0.119 e. The highest BCUT2D eigenvalue weighted by molar-refractivity contribution is 5.74. The molecular weight excluding hydrogens is 422 g/mol. The van der Waals surface area contributed by atoms with Gasteiger partial charge in [-0.15, -0.1) is 5.10 Å². The van der Waals surface area contributed by atoms with Gasteiger partial charge in [-0.2, -0.15) is 0 Å². The van der Waals surface area contributed by atoms with Crippen molar-refractivity contribution in [1.29, 1.82) is 0 Å². The molecule has 1 aromatic heterocycles. The Morgan fingerprint density at radius 1 is 0.882 bits per heavy atom. The minimum Gasteiger partial charge on any atom is -0.497 e.